The van der Waals surface area contributed by atoms with Gasteiger partial charge in [0.05, 0.1) is 13.5 Å². The molecule has 2 saturated carbocycles. The highest BCUT2D eigenvalue weighted by molar-refractivity contribution is 5.70. The average molecular weight is 471 g/mol. The highest BCUT2D eigenvalue weighted by Gasteiger charge is 2.49. The second-order valence-electron chi connectivity index (χ2n) is 10.6. The first-order valence-electron chi connectivity index (χ1n) is 12.8. The summed E-state index contributed by atoms with van der Waals surface area (Å²) in [5, 5.41) is 3.48. The number of hydrogen-bond donors (Lipinski definition) is 1. The monoisotopic (exact) mass is 470 g/mol. The third-order valence-electron chi connectivity index (χ3n) is 6.83. The summed E-state index contributed by atoms with van der Waals surface area (Å²) in [5.41, 5.74) is 2.11. The van der Waals surface area contributed by atoms with Crippen molar-refractivity contribution in [1.82, 2.24) is 10.2 Å². The quantitative estimate of drug-likeness (QED) is 0.478. The average Bonchev–Trinajstić information content (AvgIpc) is 3.58. The lowest BCUT2D eigenvalue weighted by molar-refractivity contribution is -0.140. The van der Waals surface area contributed by atoms with Gasteiger partial charge < -0.3 is 19.7 Å². The number of ether oxygens (including phenoxy) is 2. The van der Waals surface area contributed by atoms with E-state index >= 15 is 0 Å². The molecule has 6 heteroatoms. The molecule has 0 saturated heterocycles. The maximum atomic E-state index is 13.3. The number of amides is 1. The predicted molar refractivity (Wildman–Crippen MR) is 135 cm³/mol. The second kappa shape index (κ2) is 11.9. The summed E-state index contributed by atoms with van der Waals surface area (Å²) in [6, 6.07) is 11.2. The Balaban J connectivity index is 1.65. The molecular weight excluding hydrogens is 428 g/mol. The molecule has 2 atom stereocenters. The zero-order chi connectivity index (χ0) is 24.7. The molecule has 3 rings (SSSR count). The number of nitrogens with zero attached hydrogens (tertiary/aromatic N) is 1. The van der Waals surface area contributed by atoms with Crippen molar-refractivity contribution in [1.29, 1.82) is 0 Å². The van der Waals surface area contributed by atoms with Crippen molar-refractivity contribution in [2.24, 2.45) is 5.92 Å². The van der Waals surface area contributed by atoms with E-state index in [1.165, 1.54) is 18.2 Å². The number of hydrogen-bond acceptors (Lipinski definition) is 5. The first kappa shape index (κ1) is 26.3. The van der Waals surface area contributed by atoms with E-state index in [4.69, 9.17) is 9.47 Å². The number of rotatable bonds is 9. The number of nitrogens with one attached hydrogen (secondary N) is 1. The van der Waals surface area contributed by atoms with E-state index in [2.05, 4.69) is 47.5 Å². The lowest BCUT2D eigenvalue weighted by atomic mass is 9.90. The molecule has 0 unspecified atom stereocenters. The van der Waals surface area contributed by atoms with Gasteiger partial charge in [-0.2, -0.15) is 0 Å². The van der Waals surface area contributed by atoms with Crippen LogP contribution in [0.15, 0.2) is 35.9 Å². The Hall–Kier alpha value is -2.34. The third-order valence-corrected chi connectivity index (χ3v) is 6.83. The van der Waals surface area contributed by atoms with E-state index in [0.717, 1.165) is 38.5 Å². The lowest BCUT2D eigenvalue weighted by Crippen LogP contribution is -2.48. The van der Waals surface area contributed by atoms with Gasteiger partial charge in [0.1, 0.15) is 5.60 Å². The SMILES string of the molecule is CCC(=Cc1ccccc1)[C@@H]1C[C@H]1N(C(=O)OC(C)(C)C)C1CCC(NCCC(=O)OC)CC1. The van der Waals surface area contributed by atoms with Crippen LogP contribution in [0.1, 0.15) is 78.2 Å². The van der Waals surface area contributed by atoms with Crippen molar-refractivity contribution in [2.75, 3.05) is 13.7 Å². The van der Waals surface area contributed by atoms with Gasteiger partial charge in [-0.3, -0.25) is 4.79 Å². The van der Waals surface area contributed by atoms with Gasteiger partial charge in [0.25, 0.3) is 0 Å². The van der Waals surface area contributed by atoms with Gasteiger partial charge in [0.2, 0.25) is 0 Å². The van der Waals surface area contributed by atoms with Crippen molar-refractivity contribution in [2.45, 2.75) is 96.4 Å². The second-order valence-corrected chi connectivity index (χ2v) is 10.6. The van der Waals surface area contributed by atoms with Crippen LogP contribution >= 0.6 is 0 Å². The van der Waals surface area contributed by atoms with Crippen molar-refractivity contribution >= 4 is 18.1 Å². The predicted octanol–water partition coefficient (Wildman–Crippen LogP) is 5.57. The first-order valence-corrected chi connectivity index (χ1v) is 12.8. The normalized spacial score (nSPS) is 24.9. The highest BCUT2D eigenvalue weighted by atomic mass is 16.6. The van der Waals surface area contributed by atoms with E-state index in [-0.39, 0.29) is 24.1 Å². The molecule has 1 aromatic carbocycles. The largest absolute Gasteiger partial charge is 0.469 e. The summed E-state index contributed by atoms with van der Waals surface area (Å²) >= 11 is 0. The van der Waals surface area contributed by atoms with Crippen molar-refractivity contribution in [3.63, 3.8) is 0 Å². The number of carbonyl (C=O) groups is 2. The van der Waals surface area contributed by atoms with Crippen molar-refractivity contribution in [3.05, 3.63) is 41.5 Å². The van der Waals surface area contributed by atoms with E-state index in [1.807, 2.05) is 26.8 Å². The van der Waals surface area contributed by atoms with Crippen molar-refractivity contribution in [3.8, 4) is 0 Å². The summed E-state index contributed by atoms with van der Waals surface area (Å²) in [6.07, 6.45) is 8.35. The summed E-state index contributed by atoms with van der Waals surface area (Å²) in [6.45, 7) is 8.63. The summed E-state index contributed by atoms with van der Waals surface area (Å²) in [5.74, 6) is 0.209. The van der Waals surface area contributed by atoms with Crippen LogP contribution in [-0.4, -0.2) is 54.3 Å². The molecule has 0 aromatic heterocycles. The molecule has 2 aliphatic rings. The molecule has 2 fully saturated rings. The van der Waals surface area contributed by atoms with Crippen LogP contribution in [0.2, 0.25) is 0 Å². The van der Waals surface area contributed by atoms with Crippen LogP contribution in [0.3, 0.4) is 0 Å². The molecule has 2 aliphatic carbocycles. The lowest BCUT2D eigenvalue weighted by Gasteiger charge is -2.38. The smallest absolute Gasteiger partial charge is 0.410 e. The Morgan fingerprint density at radius 3 is 2.38 bits per heavy atom. The minimum Gasteiger partial charge on any atom is -0.469 e. The topological polar surface area (TPSA) is 67.9 Å². The van der Waals surface area contributed by atoms with Gasteiger partial charge >= 0.3 is 12.1 Å². The molecule has 1 aromatic rings. The van der Waals surface area contributed by atoms with Gasteiger partial charge in [0.15, 0.2) is 0 Å². The molecule has 6 nitrogen and oxygen atoms in total. The van der Waals surface area contributed by atoms with Gasteiger partial charge in [0, 0.05) is 30.6 Å². The Morgan fingerprint density at radius 2 is 1.79 bits per heavy atom. The Labute approximate surface area is 205 Å². The zero-order valence-electron chi connectivity index (χ0n) is 21.5. The van der Waals surface area contributed by atoms with E-state index in [0.29, 0.717) is 24.9 Å². The Morgan fingerprint density at radius 1 is 1.12 bits per heavy atom. The van der Waals surface area contributed by atoms with E-state index in [1.54, 1.807) is 0 Å². The Bertz CT molecular complexity index is 838. The van der Waals surface area contributed by atoms with Crippen LogP contribution in [0.5, 0.6) is 0 Å². The standard InChI is InChI=1S/C28H42N2O4/c1-6-21(18-20-10-8-7-9-11-20)24-19-25(24)30(27(32)34-28(2,3)4)23-14-12-22(13-15-23)29-17-16-26(31)33-5/h7-11,18,22-25,29H,6,12-17,19H2,1-5H3/t22?,23?,24-,25+/m0/s1. The van der Waals surface area contributed by atoms with Crippen molar-refractivity contribution < 1.29 is 19.1 Å². The molecule has 34 heavy (non-hydrogen) atoms. The molecule has 0 heterocycles. The molecule has 0 bridgehead atoms. The number of carbonyl (C=O) groups excluding carboxylic acids is 2. The van der Waals surface area contributed by atoms with E-state index in [9.17, 15) is 9.59 Å². The molecular formula is C28H42N2O4. The molecule has 0 radical (unpaired) electrons. The van der Waals surface area contributed by atoms with Crippen LogP contribution < -0.4 is 5.32 Å². The molecule has 188 valence electrons. The fourth-order valence-corrected chi connectivity index (χ4v) is 5.03. The fourth-order valence-electron chi connectivity index (χ4n) is 5.03. The first-order chi connectivity index (χ1) is 16.2. The summed E-state index contributed by atoms with van der Waals surface area (Å²) in [7, 11) is 1.42. The maximum absolute atomic E-state index is 13.3. The maximum Gasteiger partial charge on any atom is 0.410 e. The van der Waals surface area contributed by atoms with Crippen LogP contribution in [0, 0.1) is 5.92 Å². The molecule has 1 N–H and O–H groups in total. The van der Waals surface area contributed by atoms with Gasteiger partial charge in [-0.1, -0.05) is 48.9 Å². The minimum atomic E-state index is -0.514. The third kappa shape index (κ3) is 7.59. The van der Waals surface area contributed by atoms with Gasteiger partial charge in [-0.25, -0.2) is 4.79 Å². The molecule has 1 amide bonds. The zero-order valence-corrected chi connectivity index (χ0v) is 21.5. The van der Waals surface area contributed by atoms with Crippen LogP contribution in [0.4, 0.5) is 4.79 Å². The number of esters is 1. The van der Waals surface area contributed by atoms with Crippen LogP contribution in [0.25, 0.3) is 6.08 Å². The number of benzene rings is 1. The van der Waals surface area contributed by atoms with Gasteiger partial charge in [-0.05, 0) is 64.9 Å². The minimum absolute atomic E-state index is 0.183. The molecule has 0 spiro atoms. The van der Waals surface area contributed by atoms with Crippen LogP contribution in [-0.2, 0) is 14.3 Å². The highest BCUT2D eigenvalue weighted by Crippen LogP contribution is 2.46. The summed E-state index contributed by atoms with van der Waals surface area (Å²) in [4.78, 5) is 26.8. The summed E-state index contributed by atoms with van der Waals surface area (Å²) < 4.78 is 10.6. The fraction of sp³-hybridized carbons (Fsp3) is 0.643. The molecule has 0 aliphatic heterocycles. The number of methoxy groups -OCH3 is 1. The Kier molecular flexibility index (Phi) is 9.17. The van der Waals surface area contributed by atoms with Gasteiger partial charge in [-0.15, -0.1) is 0 Å². The van der Waals surface area contributed by atoms with E-state index < -0.39 is 5.60 Å².